The first-order valence-electron chi connectivity index (χ1n) is 9.36. The van der Waals surface area contributed by atoms with Crippen LogP contribution in [0.4, 0.5) is 22.0 Å². The van der Waals surface area contributed by atoms with E-state index in [0.717, 1.165) is 11.3 Å². The Hall–Kier alpha value is -3.71. The Morgan fingerprint density at radius 2 is 2.00 bits per heavy atom. The maximum Gasteiger partial charge on any atom is 0.319 e. The second-order valence-electron chi connectivity index (χ2n) is 7.10. The Labute approximate surface area is 184 Å². The molecular formula is C21H23N7O2S. The monoisotopic (exact) mass is 437 g/mol. The number of benzene rings is 1. The maximum absolute atomic E-state index is 13.2. The Kier molecular flexibility index (Phi) is 6.36. The second kappa shape index (κ2) is 8.97. The van der Waals surface area contributed by atoms with Crippen molar-refractivity contribution in [2.75, 3.05) is 36.3 Å². The molecule has 0 radical (unpaired) electrons. The highest BCUT2D eigenvalue weighted by Crippen LogP contribution is 2.30. The molecule has 1 atom stereocenters. The highest BCUT2D eigenvalue weighted by Gasteiger charge is 2.31. The molecule has 0 saturated heterocycles. The molecule has 31 heavy (non-hydrogen) atoms. The Bertz CT molecular complexity index is 1100. The number of amides is 3. The molecule has 3 amide bonds. The van der Waals surface area contributed by atoms with Crippen LogP contribution < -0.4 is 26.6 Å². The Balaban J connectivity index is 1.95. The van der Waals surface area contributed by atoms with Gasteiger partial charge in [0, 0.05) is 31.5 Å². The van der Waals surface area contributed by atoms with Crippen molar-refractivity contribution in [1.29, 1.82) is 5.26 Å². The van der Waals surface area contributed by atoms with Crippen molar-refractivity contribution < 1.29 is 9.59 Å². The number of thioether (sulfide) groups is 1. The largest absolute Gasteiger partial charge is 0.397 e. The number of aromatic nitrogens is 1. The Morgan fingerprint density at radius 3 is 2.58 bits per heavy atom. The molecule has 0 aliphatic carbocycles. The summed E-state index contributed by atoms with van der Waals surface area (Å²) in [7, 11) is 3.87. The molecule has 1 aromatic heterocycles. The third-order valence-corrected chi connectivity index (χ3v) is 5.50. The van der Waals surface area contributed by atoms with Gasteiger partial charge in [-0.05, 0) is 30.9 Å². The van der Waals surface area contributed by atoms with E-state index < -0.39 is 11.9 Å². The summed E-state index contributed by atoms with van der Waals surface area (Å²) >= 11 is 1.26. The number of nitrogens with two attached hydrogens (primary N) is 1. The fourth-order valence-electron chi connectivity index (χ4n) is 3.26. The van der Waals surface area contributed by atoms with Crippen molar-refractivity contribution in [2.24, 2.45) is 0 Å². The minimum atomic E-state index is -0.638. The summed E-state index contributed by atoms with van der Waals surface area (Å²) in [5, 5.41) is 17.9. The smallest absolute Gasteiger partial charge is 0.319 e. The van der Waals surface area contributed by atoms with Crippen molar-refractivity contribution in [3.63, 3.8) is 0 Å². The van der Waals surface area contributed by atoms with Crippen LogP contribution in [-0.4, -0.2) is 37.3 Å². The zero-order chi connectivity index (χ0) is 22.7. The van der Waals surface area contributed by atoms with Gasteiger partial charge < -0.3 is 26.6 Å². The van der Waals surface area contributed by atoms with E-state index in [1.807, 2.05) is 49.3 Å². The minimum absolute atomic E-state index is 0.227. The van der Waals surface area contributed by atoms with Crippen LogP contribution in [0.25, 0.3) is 0 Å². The number of carbonyl (C=O) groups excluding carboxylic acids is 2. The van der Waals surface area contributed by atoms with Gasteiger partial charge >= 0.3 is 6.03 Å². The molecule has 0 spiro atoms. The van der Waals surface area contributed by atoms with Gasteiger partial charge in [0.15, 0.2) is 0 Å². The highest BCUT2D eigenvalue weighted by molar-refractivity contribution is 7.98. The number of nitriles is 1. The topological polar surface area (TPSA) is 136 Å². The first-order chi connectivity index (χ1) is 14.7. The van der Waals surface area contributed by atoms with Gasteiger partial charge in [0.05, 0.1) is 17.3 Å². The summed E-state index contributed by atoms with van der Waals surface area (Å²) in [6.45, 7) is 1.67. The number of carbonyl (C=O) groups is 2. The van der Waals surface area contributed by atoms with Crippen LogP contribution in [0.5, 0.6) is 0 Å². The summed E-state index contributed by atoms with van der Waals surface area (Å²) in [4.78, 5) is 31.6. The predicted octanol–water partition coefficient (Wildman–Crippen LogP) is 2.59. The van der Waals surface area contributed by atoms with Crippen molar-refractivity contribution in [3.05, 3.63) is 52.7 Å². The number of rotatable bonds is 5. The lowest BCUT2D eigenvalue weighted by Gasteiger charge is -2.29. The summed E-state index contributed by atoms with van der Waals surface area (Å²) in [5.41, 5.74) is 9.01. The van der Waals surface area contributed by atoms with Crippen LogP contribution in [0, 0.1) is 11.3 Å². The van der Waals surface area contributed by atoms with E-state index >= 15 is 0 Å². The summed E-state index contributed by atoms with van der Waals surface area (Å²) in [6, 6.07) is 10.0. The lowest BCUT2D eigenvalue weighted by molar-refractivity contribution is -0.113. The number of nitrogen functional groups attached to an aromatic ring is 1. The SMILES string of the molecule is CSc1nc(NC(=O)C2=C(C)NC(=O)NC2c2ccc(N(C)C)cc2)cc(N)c1C#N. The molecule has 5 N–H and O–H groups in total. The van der Waals surface area contributed by atoms with E-state index in [2.05, 4.69) is 20.9 Å². The molecule has 9 nitrogen and oxygen atoms in total. The average molecular weight is 438 g/mol. The number of allylic oxidation sites excluding steroid dienone is 1. The number of hydrogen-bond acceptors (Lipinski definition) is 7. The molecule has 1 unspecified atom stereocenters. The Morgan fingerprint density at radius 1 is 1.32 bits per heavy atom. The minimum Gasteiger partial charge on any atom is -0.397 e. The lowest BCUT2D eigenvalue weighted by Crippen LogP contribution is -2.46. The van der Waals surface area contributed by atoms with Crippen LogP contribution in [0.1, 0.15) is 24.1 Å². The van der Waals surface area contributed by atoms with Crippen LogP contribution in [0.2, 0.25) is 0 Å². The third-order valence-electron chi connectivity index (χ3n) is 4.82. The van der Waals surface area contributed by atoms with E-state index in [0.29, 0.717) is 16.3 Å². The number of urea groups is 1. The van der Waals surface area contributed by atoms with Gasteiger partial charge in [-0.15, -0.1) is 11.8 Å². The van der Waals surface area contributed by atoms with Crippen molar-refractivity contribution in [2.45, 2.75) is 18.0 Å². The van der Waals surface area contributed by atoms with E-state index in [4.69, 9.17) is 5.73 Å². The second-order valence-corrected chi connectivity index (χ2v) is 7.90. The van der Waals surface area contributed by atoms with Gasteiger partial charge in [-0.25, -0.2) is 9.78 Å². The zero-order valence-electron chi connectivity index (χ0n) is 17.6. The molecule has 1 aromatic carbocycles. The zero-order valence-corrected chi connectivity index (χ0v) is 18.4. The van der Waals surface area contributed by atoms with Gasteiger partial charge in [-0.3, -0.25) is 4.79 Å². The standard InChI is InChI=1S/C21H23N7O2S/c1-11-17(19(29)25-16-9-15(23)14(10-22)20(26-16)31-4)18(27-21(30)24-11)12-5-7-13(8-6-12)28(2)3/h5-9,18H,1-4H3,(H2,24,27,30)(H3,23,25,26,29). The number of nitrogens with zero attached hydrogens (tertiary/aromatic N) is 3. The first kappa shape index (κ1) is 22.0. The molecule has 0 saturated carbocycles. The van der Waals surface area contributed by atoms with Gasteiger partial charge in [-0.2, -0.15) is 5.26 Å². The van der Waals surface area contributed by atoms with Gasteiger partial charge in [0.2, 0.25) is 0 Å². The molecule has 3 rings (SSSR count). The average Bonchev–Trinajstić information content (AvgIpc) is 2.72. The predicted molar refractivity (Wildman–Crippen MR) is 122 cm³/mol. The first-order valence-corrected chi connectivity index (χ1v) is 10.6. The van der Waals surface area contributed by atoms with Gasteiger partial charge in [-0.1, -0.05) is 12.1 Å². The van der Waals surface area contributed by atoms with Crippen LogP contribution in [-0.2, 0) is 4.79 Å². The number of hydrogen-bond donors (Lipinski definition) is 4. The molecule has 1 aliphatic heterocycles. The van der Waals surface area contributed by atoms with E-state index in [1.54, 1.807) is 13.2 Å². The van der Waals surface area contributed by atoms with Crippen molar-refractivity contribution >= 4 is 40.9 Å². The quantitative estimate of drug-likeness (QED) is 0.528. The van der Waals surface area contributed by atoms with Crippen LogP contribution in [0.3, 0.4) is 0 Å². The number of nitrogens with one attached hydrogen (secondary N) is 3. The fraction of sp³-hybridized carbons (Fsp3) is 0.238. The molecule has 10 heteroatoms. The van der Waals surface area contributed by atoms with E-state index in [9.17, 15) is 14.9 Å². The molecule has 2 aromatic rings. The summed E-state index contributed by atoms with van der Waals surface area (Å²) < 4.78 is 0. The van der Waals surface area contributed by atoms with Crippen molar-refractivity contribution in [1.82, 2.24) is 15.6 Å². The summed E-state index contributed by atoms with van der Waals surface area (Å²) in [6.07, 6.45) is 1.77. The van der Waals surface area contributed by atoms with Crippen molar-refractivity contribution in [3.8, 4) is 6.07 Å². The molecule has 2 heterocycles. The fourth-order valence-corrected chi connectivity index (χ4v) is 3.82. The number of anilines is 3. The highest BCUT2D eigenvalue weighted by atomic mass is 32.2. The number of pyridine rings is 1. The summed E-state index contributed by atoms with van der Waals surface area (Å²) in [5.74, 6) is -0.208. The molecule has 160 valence electrons. The normalized spacial score (nSPS) is 15.6. The lowest BCUT2D eigenvalue weighted by atomic mass is 9.94. The van der Waals surface area contributed by atoms with Crippen LogP contribution in [0.15, 0.2) is 46.6 Å². The maximum atomic E-state index is 13.2. The van der Waals surface area contributed by atoms with Gasteiger partial charge in [0.1, 0.15) is 22.5 Å². The molecule has 0 bridgehead atoms. The molecule has 0 fully saturated rings. The van der Waals surface area contributed by atoms with Crippen LogP contribution >= 0.6 is 11.8 Å². The van der Waals surface area contributed by atoms with Gasteiger partial charge in [0.25, 0.3) is 5.91 Å². The molecule has 1 aliphatic rings. The van der Waals surface area contributed by atoms with E-state index in [1.165, 1.54) is 17.8 Å². The van der Waals surface area contributed by atoms with E-state index in [-0.39, 0.29) is 23.1 Å². The third kappa shape index (κ3) is 4.57. The molecular weight excluding hydrogens is 414 g/mol.